The second kappa shape index (κ2) is 7.53. The molecule has 154 valence electrons. The average Bonchev–Trinajstić information content (AvgIpc) is 3.16. The summed E-state index contributed by atoms with van der Waals surface area (Å²) in [5.74, 6) is 0.664. The van der Waals surface area contributed by atoms with E-state index in [1.165, 1.54) is 10.5 Å². The van der Waals surface area contributed by atoms with Gasteiger partial charge in [0.15, 0.2) is 0 Å². The number of aromatic nitrogens is 2. The van der Waals surface area contributed by atoms with Gasteiger partial charge in [-0.25, -0.2) is 0 Å². The van der Waals surface area contributed by atoms with E-state index in [1.807, 2.05) is 63.2 Å². The molecule has 0 amide bonds. The highest BCUT2D eigenvalue weighted by Gasteiger charge is 2.29. The van der Waals surface area contributed by atoms with Crippen LogP contribution in [-0.2, 0) is 16.8 Å². The maximum absolute atomic E-state index is 12.7. The van der Waals surface area contributed by atoms with Crippen molar-refractivity contribution in [3.8, 4) is 11.4 Å². The second-order valence-corrected chi connectivity index (χ2v) is 8.96. The third-order valence-corrected chi connectivity index (χ3v) is 6.39. The summed E-state index contributed by atoms with van der Waals surface area (Å²) in [5, 5.41) is 4.03. The third-order valence-electron chi connectivity index (χ3n) is 5.05. The fourth-order valence-corrected chi connectivity index (χ4v) is 4.65. The van der Waals surface area contributed by atoms with E-state index in [9.17, 15) is 8.42 Å². The fraction of sp³-hybridized carbons (Fsp3) is 0.227. The number of allylic oxidation sites excluding steroid dienone is 1. The van der Waals surface area contributed by atoms with Crippen molar-refractivity contribution < 1.29 is 12.9 Å². The quantitative estimate of drug-likeness (QED) is 0.628. The van der Waals surface area contributed by atoms with Gasteiger partial charge in [0.05, 0.1) is 17.8 Å². The second-order valence-electron chi connectivity index (χ2n) is 7.41. The van der Waals surface area contributed by atoms with E-state index in [0.717, 1.165) is 27.8 Å². The van der Waals surface area contributed by atoms with Crippen LogP contribution < -0.4 is 0 Å². The largest absolute Gasteiger partial charge is 0.344 e. The Bertz CT molecular complexity index is 1250. The van der Waals surface area contributed by atoms with E-state index in [1.54, 1.807) is 6.92 Å². The van der Waals surface area contributed by atoms with Crippen molar-refractivity contribution in [3.05, 3.63) is 76.8 Å². The van der Waals surface area contributed by atoms with Crippen LogP contribution in [0.1, 0.15) is 35.1 Å². The summed E-state index contributed by atoms with van der Waals surface area (Å²) in [6, 6.07) is 13.5. The van der Waals surface area contributed by atoms with Crippen molar-refractivity contribution in [1.29, 1.82) is 0 Å². The number of rotatable bonds is 4. The lowest BCUT2D eigenvalue weighted by atomic mass is 10.00. The van der Waals surface area contributed by atoms with Crippen LogP contribution >= 0.6 is 0 Å². The molecule has 0 bridgehead atoms. The summed E-state index contributed by atoms with van der Waals surface area (Å²) < 4.78 is 36.0. The number of hydrogen-bond acceptors (Lipinski definition) is 5. The van der Waals surface area contributed by atoms with Gasteiger partial charge in [-0.15, -0.1) is 4.40 Å². The van der Waals surface area contributed by atoms with Gasteiger partial charge >= 0.3 is 10.2 Å². The third kappa shape index (κ3) is 3.78. The lowest BCUT2D eigenvalue weighted by molar-refractivity contribution is 0.408. The molecular formula is C22H22N4O3S. The molecular weight excluding hydrogens is 400 g/mol. The highest BCUT2D eigenvalue weighted by atomic mass is 32.2. The monoisotopic (exact) mass is 422 g/mol. The molecule has 0 saturated heterocycles. The minimum Gasteiger partial charge on any atom is -0.333 e. The predicted molar refractivity (Wildman–Crippen MR) is 116 cm³/mol. The first-order chi connectivity index (χ1) is 14.2. The Hall–Kier alpha value is -3.26. The van der Waals surface area contributed by atoms with Crippen LogP contribution in [0.15, 0.2) is 57.6 Å². The molecule has 30 heavy (non-hydrogen) atoms. The van der Waals surface area contributed by atoms with Gasteiger partial charge in [-0.05, 0) is 44.4 Å². The standard InChI is InChI=1S/C22H22N4O3S/c1-14-10-15(2)19(16(3)11-14)12-26-13-20(17(4)25-30(26,27)28)22-23-21(24-29-22)18-8-6-5-7-9-18/h5-11,13H,12H2,1-4H3. The van der Waals surface area contributed by atoms with Crippen LogP contribution in [-0.4, -0.2) is 28.6 Å². The summed E-state index contributed by atoms with van der Waals surface area (Å²) in [6.07, 6.45) is 1.53. The van der Waals surface area contributed by atoms with Gasteiger partial charge in [-0.3, -0.25) is 4.31 Å². The van der Waals surface area contributed by atoms with E-state index in [2.05, 4.69) is 14.5 Å². The maximum Gasteiger partial charge on any atom is 0.344 e. The number of aryl methyl sites for hydroxylation is 3. The molecule has 0 atom stereocenters. The Labute approximate surface area is 176 Å². The maximum atomic E-state index is 12.7. The van der Waals surface area contributed by atoms with E-state index < -0.39 is 10.2 Å². The smallest absolute Gasteiger partial charge is 0.333 e. The summed E-state index contributed by atoms with van der Waals surface area (Å²) in [4.78, 5) is 4.44. The molecule has 0 N–H and O–H groups in total. The van der Waals surface area contributed by atoms with Gasteiger partial charge in [0.25, 0.3) is 5.89 Å². The lowest BCUT2D eigenvalue weighted by Crippen LogP contribution is -2.29. The Morgan fingerprint density at radius 3 is 2.33 bits per heavy atom. The van der Waals surface area contributed by atoms with E-state index >= 15 is 0 Å². The molecule has 8 heteroatoms. The van der Waals surface area contributed by atoms with Crippen LogP contribution in [0, 0.1) is 20.8 Å². The minimum atomic E-state index is -3.85. The molecule has 7 nitrogen and oxygen atoms in total. The highest BCUT2D eigenvalue weighted by molar-refractivity contribution is 7.88. The molecule has 1 aliphatic heterocycles. The van der Waals surface area contributed by atoms with Gasteiger partial charge < -0.3 is 4.52 Å². The molecule has 0 fully saturated rings. The van der Waals surface area contributed by atoms with Gasteiger partial charge in [0.1, 0.15) is 0 Å². The number of nitrogens with zero attached hydrogens (tertiary/aromatic N) is 4. The van der Waals surface area contributed by atoms with Crippen molar-refractivity contribution in [3.63, 3.8) is 0 Å². The van der Waals surface area contributed by atoms with Gasteiger partial charge in [-0.2, -0.15) is 13.4 Å². The SMILES string of the molecule is CC1=NS(=O)(=O)N(Cc2c(C)cc(C)cc2C)C=C1c1nc(-c2ccccc2)no1. The Balaban J connectivity index is 1.72. The highest BCUT2D eigenvalue weighted by Crippen LogP contribution is 2.28. The van der Waals surface area contributed by atoms with Crippen molar-refractivity contribution in [1.82, 2.24) is 14.4 Å². The molecule has 0 saturated carbocycles. The number of hydrogen-bond donors (Lipinski definition) is 0. The van der Waals surface area contributed by atoms with E-state index in [0.29, 0.717) is 17.1 Å². The van der Waals surface area contributed by atoms with Gasteiger partial charge in [-0.1, -0.05) is 53.2 Å². The predicted octanol–water partition coefficient (Wildman–Crippen LogP) is 4.22. The summed E-state index contributed by atoms with van der Waals surface area (Å²) in [6.45, 7) is 7.78. The van der Waals surface area contributed by atoms with Crippen molar-refractivity contribution in [2.24, 2.45) is 4.40 Å². The zero-order valence-corrected chi connectivity index (χ0v) is 18.1. The summed E-state index contributed by atoms with van der Waals surface area (Å²) in [5.41, 5.74) is 5.77. The molecule has 2 aromatic carbocycles. The molecule has 0 aliphatic carbocycles. The normalized spacial score (nSPS) is 15.7. The first-order valence-electron chi connectivity index (χ1n) is 9.51. The summed E-state index contributed by atoms with van der Waals surface area (Å²) in [7, 11) is -3.85. The topological polar surface area (TPSA) is 88.7 Å². The molecule has 0 radical (unpaired) electrons. The zero-order chi connectivity index (χ0) is 21.5. The average molecular weight is 423 g/mol. The van der Waals surface area contributed by atoms with Gasteiger partial charge in [0.2, 0.25) is 5.82 Å². The van der Waals surface area contributed by atoms with Crippen LogP contribution in [0.2, 0.25) is 0 Å². The van der Waals surface area contributed by atoms with Crippen LogP contribution in [0.3, 0.4) is 0 Å². The van der Waals surface area contributed by atoms with E-state index in [-0.39, 0.29) is 12.4 Å². The molecule has 2 heterocycles. The van der Waals surface area contributed by atoms with Crippen LogP contribution in [0.4, 0.5) is 0 Å². The van der Waals surface area contributed by atoms with Gasteiger partial charge in [0, 0.05) is 11.8 Å². The summed E-state index contributed by atoms with van der Waals surface area (Å²) >= 11 is 0. The van der Waals surface area contributed by atoms with Crippen LogP contribution in [0.5, 0.6) is 0 Å². The fourth-order valence-electron chi connectivity index (χ4n) is 3.57. The van der Waals surface area contributed by atoms with Crippen LogP contribution in [0.25, 0.3) is 17.0 Å². The molecule has 4 rings (SSSR count). The molecule has 0 unspecified atom stereocenters. The first kappa shape index (κ1) is 20.0. The first-order valence-corrected chi connectivity index (χ1v) is 10.9. The Kier molecular flexibility index (Phi) is 5.03. The van der Waals surface area contributed by atoms with Crippen molar-refractivity contribution in [2.75, 3.05) is 0 Å². The molecule has 0 spiro atoms. The zero-order valence-electron chi connectivity index (χ0n) is 17.2. The van der Waals surface area contributed by atoms with E-state index in [4.69, 9.17) is 4.52 Å². The Morgan fingerprint density at radius 1 is 1.00 bits per heavy atom. The molecule has 1 aromatic heterocycles. The number of benzene rings is 2. The molecule has 1 aliphatic rings. The Morgan fingerprint density at radius 2 is 1.67 bits per heavy atom. The lowest BCUT2D eigenvalue weighted by Gasteiger charge is -2.24. The minimum absolute atomic E-state index is 0.181. The van der Waals surface area contributed by atoms with Crippen molar-refractivity contribution in [2.45, 2.75) is 34.2 Å². The molecule has 3 aromatic rings. The van der Waals surface area contributed by atoms with Crippen molar-refractivity contribution >= 4 is 21.5 Å².